The molecule has 1 aromatic heterocycles. The Hall–Kier alpha value is -1.59. The van der Waals surface area contributed by atoms with E-state index in [1.807, 2.05) is 37.6 Å². The Morgan fingerprint density at radius 1 is 1.29 bits per heavy atom. The molecule has 114 valence electrons. The van der Waals surface area contributed by atoms with Gasteiger partial charge in [-0.15, -0.1) is 11.3 Å². The Morgan fingerprint density at radius 3 is 2.67 bits per heavy atom. The molecule has 0 bridgehead atoms. The molecule has 1 heterocycles. The molecule has 0 saturated heterocycles. The molecule has 0 radical (unpaired) electrons. The highest BCUT2D eigenvalue weighted by Gasteiger charge is 2.15. The molecule has 5 heteroatoms. The van der Waals surface area contributed by atoms with Crippen molar-refractivity contribution >= 4 is 11.3 Å². The summed E-state index contributed by atoms with van der Waals surface area (Å²) in [5, 5.41) is 3.07. The van der Waals surface area contributed by atoms with E-state index in [1.165, 1.54) is 5.56 Å². The number of hydrogen-bond acceptors (Lipinski definition) is 5. The van der Waals surface area contributed by atoms with E-state index >= 15 is 0 Å². The zero-order valence-electron chi connectivity index (χ0n) is 12.7. The average molecular weight is 306 g/mol. The number of rotatable bonds is 7. The van der Waals surface area contributed by atoms with Crippen molar-refractivity contribution in [2.24, 2.45) is 5.73 Å². The normalized spacial score (nSPS) is 12.4. The summed E-state index contributed by atoms with van der Waals surface area (Å²) in [5.74, 6) is 1.77. The van der Waals surface area contributed by atoms with Gasteiger partial charge in [0.15, 0.2) is 11.5 Å². The predicted molar refractivity (Wildman–Crippen MR) is 86.4 cm³/mol. The van der Waals surface area contributed by atoms with Gasteiger partial charge in [-0.2, -0.15) is 0 Å². The molecule has 0 aliphatic rings. The van der Waals surface area contributed by atoms with Crippen LogP contribution in [0.15, 0.2) is 29.8 Å². The van der Waals surface area contributed by atoms with Crippen molar-refractivity contribution in [3.8, 4) is 11.5 Å². The quantitative estimate of drug-likeness (QED) is 0.853. The number of aromatic nitrogens is 1. The van der Waals surface area contributed by atoms with Gasteiger partial charge >= 0.3 is 0 Å². The molecule has 0 fully saturated rings. The number of thiazole rings is 1. The molecule has 2 N–H and O–H groups in total. The van der Waals surface area contributed by atoms with E-state index in [1.54, 1.807) is 18.4 Å². The Bertz CT molecular complexity index is 555. The molecular formula is C16H22N2O2S. The topological polar surface area (TPSA) is 57.4 Å². The zero-order chi connectivity index (χ0) is 15.2. The first kappa shape index (κ1) is 15.8. The Labute approximate surface area is 129 Å². The highest BCUT2D eigenvalue weighted by molar-refractivity contribution is 7.09. The largest absolute Gasteiger partial charge is 0.493 e. The highest BCUT2D eigenvalue weighted by Crippen LogP contribution is 2.31. The molecule has 0 aliphatic carbocycles. The third-order valence-corrected chi connectivity index (χ3v) is 4.10. The van der Waals surface area contributed by atoms with Gasteiger partial charge in [0.2, 0.25) is 0 Å². The number of methoxy groups -OCH3 is 1. The second-order valence-electron chi connectivity index (χ2n) is 5.16. The van der Waals surface area contributed by atoms with Crippen LogP contribution in [0.5, 0.6) is 11.5 Å². The number of nitrogens with zero attached hydrogens (tertiary/aromatic N) is 1. The Morgan fingerprint density at radius 2 is 2.10 bits per heavy atom. The van der Waals surface area contributed by atoms with Gasteiger partial charge in [0, 0.05) is 24.0 Å². The van der Waals surface area contributed by atoms with Gasteiger partial charge in [0.1, 0.15) is 0 Å². The molecule has 2 aromatic rings. The average Bonchev–Trinajstić information content (AvgIpc) is 2.98. The molecule has 0 spiro atoms. The molecule has 21 heavy (non-hydrogen) atoms. The fourth-order valence-corrected chi connectivity index (χ4v) is 2.94. The standard InChI is InChI=1S/C16H22N2O2S/c1-11(2)20-15-9-12(4-5-14(15)19-3)8-13(10-17)16-18-6-7-21-16/h4-7,9,11,13H,8,10,17H2,1-3H3. The van der Waals surface area contributed by atoms with Crippen molar-refractivity contribution in [1.82, 2.24) is 4.98 Å². The summed E-state index contributed by atoms with van der Waals surface area (Å²) in [6.45, 7) is 4.59. The molecule has 4 nitrogen and oxygen atoms in total. The zero-order valence-corrected chi connectivity index (χ0v) is 13.5. The summed E-state index contributed by atoms with van der Waals surface area (Å²) < 4.78 is 11.2. The summed E-state index contributed by atoms with van der Waals surface area (Å²) in [5.41, 5.74) is 7.08. The smallest absolute Gasteiger partial charge is 0.161 e. The van der Waals surface area contributed by atoms with Crippen LogP contribution in [0, 0.1) is 0 Å². The maximum atomic E-state index is 5.90. The molecule has 0 aliphatic heterocycles. The van der Waals surface area contributed by atoms with Gasteiger partial charge < -0.3 is 15.2 Å². The third-order valence-electron chi connectivity index (χ3n) is 3.16. The minimum Gasteiger partial charge on any atom is -0.493 e. The van der Waals surface area contributed by atoms with Gasteiger partial charge in [-0.1, -0.05) is 6.07 Å². The maximum absolute atomic E-state index is 5.90. The van der Waals surface area contributed by atoms with Crippen LogP contribution in [0.25, 0.3) is 0 Å². The minimum absolute atomic E-state index is 0.110. The summed E-state index contributed by atoms with van der Waals surface area (Å²) >= 11 is 1.65. The molecule has 0 amide bonds. The molecule has 1 aromatic carbocycles. The lowest BCUT2D eigenvalue weighted by atomic mass is 9.99. The maximum Gasteiger partial charge on any atom is 0.161 e. The third kappa shape index (κ3) is 4.19. The van der Waals surface area contributed by atoms with Crippen LogP contribution in [0.1, 0.15) is 30.3 Å². The van der Waals surface area contributed by atoms with Crippen LogP contribution < -0.4 is 15.2 Å². The summed E-state index contributed by atoms with van der Waals surface area (Å²) in [4.78, 5) is 4.37. The first-order valence-electron chi connectivity index (χ1n) is 7.07. The summed E-state index contributed by atoms with van der Waals surface area (Å²) in [6.07, 6.45) is 2.78. The highest BCUT2D eigenvalue weighted by atomic mass is 32.1. The molecule has 2 rings (SSSR count). The van der Waals surface area contributed by atoms with Gasteiger partial charge in [-0.05, 0) is 38.0 Å². The van der Waals surface area contributed by atoms with E-state index in [0.29, 0.717) is 6.54 Å². The van der Waals surface area contributed by atoms with Gasteiger partial charge in [0.25, 0.3) is 0 Å². The number of nitrogens with two attached hydrogens (primary N) is 1. The number of benzene rings is 1. The van der Waals surface area contributed by atoms with E-state index in [4.69, 9.17) is 15.2 Å². The lowest BCUT2D eigenvalue weighted by molar-refractivity contribution is 0.230. The van der Waals surface area contributed by atoms with Crippen molar-refractivity contribution in [2.75, 3.05) is 13.7 Å². The van der Waals surface area contributed by atoms with Crippen molar-refractivity contribution in [2.45, 2.75) is 32.3 Å². The van der Waals surface area contributed by atoms with Crippen LogP contribution in [-0.4, -0.2) is 24.7 Å². The van der Waals surface area contributed by atoms with Crippen molar-refractivity contribution in [1.29, 1.82) is 0 Å². The van der Waals surface area contributed by atoms with Gasteiger partial charge in [-0.25, -0.2) is 4.98 Å². The number of ether oxygens (including phenoxy) is 2. The predicted octanol–water partition coefficient (Wildman–Crippen LogP) is 3.22. The van der Waals surface area contributed by atoms with Crippen LogP contribution in [-0.2, 0) is 6.42 Å². The molecular weight excluding hydrogens is 284 g/mol. The fourth-order valence-electron chi connectivity index (χ4n) is 2.19. The van der Waals surface area contributed by atoms with Crippen molar-refractivity contribution in [3.63, 3.8) is 0 Å². The van der Waals surface area contributed by atoms with Gasteiger partial charge in [0.05, 0.1) is 18.2 Å². The van der Waals surface area contributed by atoms with Gasteiger partial charge in [-0.3, -0.25) is 0 Å². The van der Waals surface area contributed by atoms with E-state index in [-0.39, 0.29) is 12.0 Å². The SMILES string of the molecule is COc1ccc(CC(CN)c2nccs2)cc1OC(C)C. The second kappa shape index (κ2) is 7.43. The monoisotopic (exact) mass is 306 g/mol. The van der Waals surface area contributed by atoms with E-state index in [0.717, 1.165) is 22.9 Å². The summed E-state index contributed by atoms with van der Waals surface area (Å²) in [6, 6.07) is 6.04. The summed E-state index contributed by atoms with van der Waals surface area (Å²) in [7, 11) is 1.65. The van der Waals surface area contributed by atoms with Crippen molar-refractivity contribution < 1.29 is 9.47 Å². The first-order valence-corrected chi connectivity index (χ1v) is 7.95. The van der Waals surface area contributed by atoms with E-state index < -0.39 is 0 Å². The van der Waals surface area contributed by atoms with Crippen molar-refractivity contribution in [3.05, 3.63) is 40.3 Å². The minimum atomic E-state index is 0.110. The number of hydrogen-bond donors (Lipinski definition) is 1. The van der Waals surface area contributed by atoms with E-state index in [9.17, 15) is 0 Å². The Balaban J connectivity index is 2.19. The van der Waals surface area contributed by atoms with Crippen LogP contribution in [0.3, 0.4) is 0 Å². The lowest BCUT2D eigenvalue weighted by Gasteiger charge is -2.16. The van der Waals surface area contributed by atoms with Crippen LogP contribution >= 0.6 is 11.3 Å². The molecule has 1 unspecified atom stereocenters. The van der Waals surface area contributed by atoms with Crippen LogP contribution in [0.4, 0.5) is 0 Å². The molecule has 0 saturated carbocycles. The fraction of sp³-hybridized carbons (Fsp3) is 0.438. The molecule has 1 atom stereocenters. The lowest BCUT2D eigenvalue weighted by Crippen LogP contribution is -2.15. The van der Waals surface area contributed by atoms with Crippen LogP contribution in [0.2, 0.25) is 0 Å². The second-order valence-corrected chi connectivity index (χ2v) is 6.09. The first-order chi connectivity index (χ1) is 10.1. The Kier molecular flexibility index (Phi) is 5.59. The van der Waals surface area contributed by atoms with E-state index in [2.05, 4.69) is 11.1 Å².